The average Bonchev–Trinajstić information content (AvgIpc) is 2.94. The van der Waals surface area contributed by atoms with Gasteiger partial charge in [0, 0.05) is 5.39 Å². The van der Waals surface area contributed by atoms with Crippen LogP contribution >= 0.6 is 0 Å². The first kappa shape index (κ1) is 13.7. The number of amides is 1. The van der Waals surface area contributed by atoms with Crippen LogP contribution in [0.1, 0.15) is 43.2 Å². The molecule has 2 aromatic rings. The molecule has 0 unspecified atom stereocenters. The Morgan fingerprint density at radius 3 is 2.76 bits per heavy atom. The highest BCUT2D eigenvalue weighted by Crippen LogP contribution is 2.32. The highest BCUT2D eigenvalue weighted by Gasteiger charge is 2.36. The molecule has 1 fully saturated rings. The number of para-hydroxylation sites is 1. The molecule has 0 radical (unpaired) electrons. The van der Waals surface area contributed by atoms with E-state index >= 15 is 0 Å². The van der Waals surface area contributed by atoms with E-state index in [0.717, 1.165) is 18.2 Å². The number of benzene rings is 1. The monoisotopic (exact) mass is 282 g/mol. The first-order chi connectivity index (χ1) is 10.1. The molecule has 0 spiro atoms. The van der Waals surface area contributed by atoms with E-state index in [1.165, 1.54) is 0 Å². The van der Waals surface area contributed by atoms with Crippen molar-refractivity contribution in [3.63, 3.8) is 0 Å². The Morgan fingerprint density at radius 1 is 1.38 bits per heavy atom. The highest BCUT2D eigenvalue weighted by atomic mass is 16.3. The second-order valence-electron chi connectivity index (χ2n) is 5.98. The average molecular weight is 282 g/mol. The summed E-state index contributed by atoms with van der Waals surface area (Å²) in [5.74, 6) is 0.585. The van der Waals surface area contributed by atoms with Crippen molar-refractivity contribution in [3.8, 4) is 6.07 Å². The Kier molecular flexibility index (Phi) is 3.42. The molecule has 0 aliphatic heterocycles. The zero-order valence-corrected chi connectivity index (χ0v) is 12.1. The summed E-state index contributed by atoms with van der Waals surface area (Å²) in [5, 5.41) is 13.2. The molecule has 1 saturated carbocycles. The summed E-state index contributed by atoms with van der Waals surface area (Å²) in [6.45, 7) is 2.18. The maximum Gasteiger partial charge on any atom is 0.288 e. The molecular formula is C17H18N2O2. The first-order valence-corrected chi connectivity index (χ1v) is 7.34. The van der Waals surface area contributed by atoms with Crippen LogP contribution in [0.4, 0.5) is 0 Å². The van der Waals surface area contributed by atoms with Crippen molar-refractivity contribution in [2.24, 2.45) is 5.92 Å². The van der Waals surface area contributed by atoms with Gasteiger partial charge in [-0.3, -0.25) is 4.79 Å². The molecule has 0 saturated heterocycles. The predicted octanol–water partition coefficient (Wildman–Crippen LogP) is 3.64. The van der Waals surface area contributed by atoms with E-state index in [1.54, 1.807) is 6.07 Å². The minimum absolute atomic E-state index is 0.268. The number of carbonyl (C=O) groups excluding carboxylic acids is 1. The van der Waals surface area contributed by atoms with Crippen LogP contribution in [0.3, 0.4) is 0 Å². The van der Waals surface area contributed by atoms with Crippen LogP contribution in [0.5, 0.6) is 0 Å². The highest BCUT2D eigenvalue weighted by molar-refractivity contribution is 5.96. The molecule has 1 aromatic carbocycles. The lowest BCUT2D eigenvalue weighted by atomic mass is 9.78. The number of fused-ring (bicyclic) bond motifs is 1. The van der Waals surface area contributed by atoms with Crippen molar-refractivity contribution < 1.29 is 9.21 Å². The molecule has 1 aromatic heterocycles. The Balaban J connectivity index is 1.80. The molecule has 1 heterocycles. The minimum atomic E-state index is -0.747. The number of nitrogens with zero attached hydrogens (tertiary/aromatic N) is 1. The molecule has 21 heavy (non-hydrogen) atoms. The summed E-state index contributed by atoms with van der Waals surface area (Å²) >= 11 is 0. The van der Waals surface area contributed by atoms with Gasteiger partial charge < -0.3 is 9.73 Å². The molecule has 1 aliphatic rings. The summed E-state index contributed by atoms with van der Waals surface area (Å²) in [6, 6.07) is 11.5. The fourth-order valence-electron chi connectivity index (χ4n) is 2.89. The molecule has 4 nitrogen and oxygen atoms in total. The van der Waals surface area contributed by atoms with Gasteiger partial charge in [0.25, 0.3) is 5.91 Å². The molecule has 1 N–H and O–H groups in total. The third-order valence-electron chi connectivity index (χ3n) is 4.34. The van der Waals surface area contributed by atoms with Crippen LogP contribution in [0.2, 0.25) is 0 Å². The van der Waals surface area contributed by atoms with Crippen molar-refractivity contribution in [2.45, 2.75) is 38.1 Å². The zero-order valence-electron chi connectivity index (χ0n) is 12.1. The fraction of sp³-hybridized carbons (Fsp3) is 0.412. The lowest BCUT2D eigenvalue weighted by molar-refractivity contribution is 0.0867. The summed E-state index contributed by atoms with van der Waals surface area (Å²) < 4.78 is 5.56. The van der Waals surface area contributed by atoms with Crippen LogP contribution in [-0.2, 0) is 0 Å². The summed E-state index contributed by atoms with van der Waals surface area (Å²) in [4.78, 5) is 12.4. The second-order valence-corrected chi connectivity index (χ2v) is 5.98. The SMILES string of the molecule is CC1CCC(C#N)(NC(=O)c2cc3ccccc3o2)CC1. The summed E-state index contributed by atoms with van der Waals surface area (Å²) in [5.41, 5.74) is -0.0614. The van der Waals surface area contributed by atoms with Crippen molar-refractivity contribution in [2.75, 3.05) is 0 Å². The van der Waals surface area contributed by atoms with E-state index in [2.05, 4.69) is 18.3 Å². The van der Waals surface area contributed by atoms with E-state index in [9.17, 15) is 10.1 Å². The normalized spacial score (nSPS) is 25.4. The van der Waals surface area contributed by atoms with E-state index in [0.29, 0.717) is 24.3 Å². The molecule has 3 rings (SSSR count). The third-order valence-corrected chi connectivity index (χ3v) is 4.34. The number of furan rings is 1. The van der Waals surface area contributed by atoms with E-state index < -0.39 is 5.54 Å². The Labute approximate surface area is 123 Å². The molecule has 4 heteroatoms. The van der Waals surface area contributed by atoms with Gasteiger partial charge in [-0.15, -0.1) is 0 Å². The van der Waals surface area contributed by atoms with Gasteiger partial charge >= 0.3 is 0 Å². The van der Waals surface area contributed by atoms with Crippen molar-refractivity contribution in [1.82, 2.24) is 5.32 Å². The van der Waals surface area contributed by atoms with Crippen LogP contribution in [-0.4, -0.2) is 11.4 Å². The number of nitriles is 1. The topological polar surface area (TPSA) is 66.0 Å². The van der Waals surface area contributed by atoms with Crippen molar-refractivity contribution in [1.29, 1.82) is 5.26 Å². The van der Waals surface area contributed by atoms with Gasteiger partial charge in [0.15, 0.2) is 5.76 Å². The zero-order chi connectivity index (χ0) is 14.9. The van der Waals surface area contributed by atoms with Crippen LogP contribution < -0.4 is 5.32 Å². The number of hydrogen-bond donors (Lipinski definition) is 1. The number of carbonyl (C=O) groups is 1. The molecule has 1 aliphatic carbocycles. The summed E-state index contributed by atoms with van der Waals surface area (Å²) in [6.07, 6.45) is 3.34. The predicted molar refractivity (Wildman–Crippen MR) is 79.7 cm³/mol. The quantitative estimate of drug-likeness (QED) is 0.914. The molecule has 0 bridgehead atoms. The lowest BCUT2D eigenvalue weighted by Crippen LogP contribution is -2.49. The molecule has 0 atom stereocenters. The Morgan fingerprint density at radius 2 is 2.10 bits per heavy atom. The fourth-order valence-corrected chi connectivity index (χ4v) is 2.89. The van der Waals surface area contributed by atoms with Gasteiger partial charge in [0.2, 0.25) is 0 Å². The van der Waals surface area contributed by atoms with Gasteiger partial charge in [-0.05, 0) is 43.7 Å². The maximum absolute atomic E-state index is 12.4. The summed E-state index contributed by atoms with van der Waals surface area (Å²) in [7, 11) is 0. The van der Waals surface area contributed by atoms with Gasteiger partial charge in [0.1, 0.15) is 11.1 Å². The first-order valence-electron chi connectivity index (χ1n) is 7.34. The van der Waals surface area contributed by atoms with Gasteiger partial charge in [-0.2, -0.15) is 5.26 Å². The Bertz CT molecular complexity index is 670. The minimum Gasteiger partial charge on any atom is -0.451 e. The molecule has 1 amide bonds. The van der Waals surface area contributed by atoms with Gasteiger partial charge in [-0.1, -0.05) is 25.1 Å². The standard InChI is InChI=1S/C17H18N2O2/c1-12-6-8-17(11-18,9-7-12)19-16(20)15-10-13-4-2-3-5-14(13)21-15/h2-5,10,12H,6-9H2,1H3,(H,19,20). The van der Waals surface area contributed by atoms with Crippen LogP contribution in [0.15, 0.2) is 34.7 Å². The van der Waals surface area contributed by atoms with E-state index in [4.69, 9.17) is 4.42 Å². The van der Waals surface area contributed by atoms with Crippen LogP contribution in [0, 0.1) is 17.2 Å². The van der Waals surface area contributed by atoms with E-state index in [-0.39, 0.29) is 11.7 Å². The second kappa shape index (κ2) is 5.25. The van der Waals surface area contributed by atoms with Gasteiger partial charge in [0.05, 0.1) is 6.07 Å². The van der Waals surface area contributed by atoms with Crippen molar-refractivity contribution in [3.05, 3.63) is 36.1 Å². The largest absolute Gasteiger partial charge is 0.451 e. The molecular weight excluding hydrogens is 264 g/mol. The number of nitrogens with one attached hydrogen (secondary N) is 1. The number of rotatable bonds is 2. The molecule has 108 valence electrons. The van der Waals surface area contributed by atoms with Gasteiger partial charge in [-0.25, -0.2) is 0 Å². The number of hydrogen-bond acceptors (Lipinski definition) is 3. The smallest absolute Gasteiger partial charge is 0.288 e. The van der Waals surface area contributed by atoms with E-state index in [1.807, 2.05) is 24.3 Å². The maximum atomic E-state index is 12.4. The Hall–Kier alpha value is -2.28. The third kappa shape index (κ3) is 2.64. The van der Waals surface area contributed by atoms with Crippen LogP contribution in [0.25, 0.3) is 11.0 Å². The lowest BCUT2D eigenvalue weighted by Gasteiger charge is -2.34. The van der Waals surface area contributed by atoms with Crippen molar-refractivity contribution >= 4 is 16.9 Å².